The smallest absolute Gasteiger partial charge is 0.258 e. The minimum atomic E-state index is -0.504. The largest absolute Gasteiger partial charge is 0.497 e. The summed E-state index contributed by atoms with van der Waals surface area (Å²) in [6.07, 6.45) is 3.32. The molecule has 2 fully saturated rings. The lowest BCUT2D eigenvalue weighted by Gasteiger charge is -2.46. The van der Waals surface area contributed by atoms with Crippen LogP contribution in [0.15, 0.2) is 30.9 Å². The number of nitrogens with zero attached hydrogens (tertiary/aromatic N) is 1. The van der Waals surface area contributed by atoms with Crippen molar-refractivity contribution in [2.75, 3.05) is 32.3 Å². The van der Waals surface area contributed by atoms with Crippen LogP contribution in [0.25, 0.3) is 0 Å². The molecule has 1 amide bonds. The topological polar surface area (TPSA) is 60.0 Å². The Labute approximate surface area is 154 Å². The lowest BCUT2D eigenvalue weighted by molar-refractivity contribution is -0.126. The SMILES string of the molecule is C=CCN[C@H]1[C@H]2[C@H]3CCCO[C@H]3c3cc(OC)ccc3N2C(=O)[C@@H]1OC. The lowest BCUT2D eigenvalue weighted by Crippen LogP contribution is -2.54. The molecule has 5 atom stereocenters. The zero-order chi connectivity index (χ0) is 18.3. The predicted octanol–water partition coefficient (Wildman–Crippen LogP) is 2.05. The summed E-state index contributed by atoms with van der Waals surface area (Å²) < 4.78 is 17.2. The van der Waals surface area contributed by atoms with Crippen LogP contribution in [-0.2, 0) is 14.3 Å². The standard InChI is InChI=1S/C20H26N2O4/c1-4-9-21-16-17-13-6-5-10-26-18(13)14-11-12(24-2)7-8-15(14)22(17)20(23)19(16)25-3/h4,7-8,11,13,16-19,21H,1,5-6,9-10H2,2-3H3/t13-,16+,17-,18-,19-/m1/s1. The zero-order valence-corrected chi connectivity index (χ0v) is 15.3. The summed E-state index contributed by atoms with van der Waals surface area (Å²) in [5.74, 6) is 1.02. The first kappa shape index (κ1) is 17.5. The predicted molar refractivity (Wildman–Crippen MR) is 98.5 cm³/mol. The Morgan fingerprint density at radius 1 is 1.42 bits per heavy atom. The summed E-state index contributed by atoms with van der Waals surface area (Å²) >= 11 is 0. The zero-order valence-electron chi connectivity index (χ0n) is 15.3. The fraction of sp³-hybridized carbons (Fsp3) is 0.550. The van der Waals surface area contributed by atoms with Crippen LogP contribution >= 0.6 is 0 Å². The Morgan fingerprint density at radius 2 is 2.27 bits per heavy atom. The molecule has 3 aliphatic heterocycles. The number of amides is 1. The van der Waals surface area contributed by atoms with Gasteiger partial charge in [0.15, 0.2) is 6.10 Å². The highest BCUT2D eigenvalue weighted by Crippen LogP contribution is 2.51. The Balaban J connectivity index is 1.82. The van der Waals surface area contributed by atoms with Crippen LogP contribution in [0.2, 0.25) is 0 Å². The molecule has 1 N–H and O–H groups in total. The number of methoxy groups -OCH3 is 2. The number of hydrogen-bond acceptors (Lipinski definition) is 5. The van der Waals surface area contributed by atoms with Crippen molar-refractivity contribution in [2.24, 2.45) is 5.92 Å². The van der Waals surface area contributed by atoms with E-state index >= 15 is 0 Å². The first-order valence-electron chi connectivity index (χ1n) is 9.21. The van der Waals surface area contributed by atoms with Gasteiger partial charge in [0.2, 0.25) is 0 Å². The average Bonchev–Trinajstić information content (AvgIpc) is 2.97. The summed E-state index contributed by atoms with van der Waals surface area (Å²) in [5.41, 5.74) is 1.95. The second-order valence-corrected chi connectivity index (χ2v) is 7.10. The van der Waals surface area contributed by atoms with Gasteiger partial charge in [-0.1, -0.05) is 6.08 Å². The van der Waals surface area contributed by atoms with Crippen LogP contribution in [0, 0.1) is 5.92 Å². The van der Waals surface area contributed by atoms with Crippen molar-refractivity contribution >= 4 is 11.6 Å². The van der Waals surface area contributed by atoms with Gasteiger partial charge in [-0.25, -0.2) is 0 Å². The Bertz CT molecular complexity index is 707. The number of nitrogens with one attached hydrogen (secondary N) is 1. The maximum absolute atomic E-state index is 13.2. The van der Waals surface area contributed by atoms with Crippen molar-refractivity contribution in [1.82, 2.24) is 5.32 Å². The van der Waals surface area contributed by atoms with Crippen molar-refractivity contribution < 1.29 is 19.0 Å². The average molecular weight is 358 g/mol. The quantitative estimate of drug-likeness (QED) is 0.817. The first-order chi connectivity index (χ1) is 12.7. The number of fused-ring (bicyclic) bond motifs is 6. The molecule has 0 spiro atoms. The molecular weight excluding hydrogens is 332 g/mol. The van der Waals surface area contributed by atoms with E-state index in [4.69, 9.17) is 14.2 Å². The van der Waals surface area contributed by atoms with E-state index < -0.39 is 6.10 Å². The summed E-state index contributed by atoms with van der Waals surface area (Å²) in [7, 11) is 3.26. The van der Waals surface area contributed by atoms with Crippen LogP contribution < -0.4 is 15.0 Å². The Morgan fingerprint density at radius 3 is 3.00 bits per heavy atom. The molecule has 0 unspecified atom stereocenters. The van der Waals surface area contributed by atoms with Crippen LogP contribution in [0.5, 0.6) is 5.75 Å². The van der Waals surface area contributed by atoms with Crippen LogP contribution in [0.1, 0.15) is 24.5 Å². The first-order valence-corrected chi connectivity index (χ1v) is 9.21. The third-order valence-electron chi connectivity index (χ3n) is 5.83. The number of hydrogen-bond donors (Lipinski definition) is 1. The molecule has 4 rings (SSSR count). The van der Waals surface area contributed by atoms with E-state index in [0.717, 1.165) is 36.4 Å². The van der Waals surface area contributed by atoms with Gasteiger partial charge in [0.1, 0.15) is 5.75 Å². The number of ether oxygens (including phenoxy) is 3. The van der Waals surface area contributed by atoms with E-state index in [9.17, 15) is 4.79 Å². The number of carbonyl (C=O) groups is 1. The maximum atomic E-state index is 13.2. The van der Waals surface area contributed by atoms with Gasteiger partial charge >= 0.3 is 0 Å². The molecule has 3 aliphatic rings. The minimum Gasteiger partial charge on any atom is -0.497 e. The molecule has 1 aromatic rings. The van der Waals surface area contributed by atoms with Gasteiger partial charge in [-0.15, -0.1) is 6.58 Å². The fourth-order valence-corrected chi connectivity index (χ4v) is 4.79. The normalized spacial score (nSPS) is 32.6. The molecule has 1 aromatic carbocycles. The molecule has 0 aromatic heterocycles. The summed E-state index contributed by atoms with van der Waals surface area (Å²) in [4.78, 5) is 15.1. The van der Waals surface area contributed by atoms with Crippen LogP contribution in [-0.4, -0.2) is 51.5 Å². The minimum absolute atomic E-state index is 0.00880. The molecule has 0 radical (unpaired) electrons. The second kappa shape index (κ2) is 7.02. The van der Waals surface area contributed by atoms with E-state index in [2.05, 4.69) is 11.9 Å². The molecule has 0 bridgehead atoms. The fourth-order valence-electron chi connectivity index (χ4n) is 4.79. The summed E-state index contributed by atoms with van der Waals surface area (Å²) in [6, 6.07) is 5.80. The Kier molecular flexibility index (Phi) is 4.73. The molecule has 3 heterocycles. The molecular formula is C20H26N2O4. The monoisotopic (exact) mass is 358 g/mol. The number of carbonyl (C=O) groups excluding carboxylic acids is 1. The van der Waals surface area contributed by atoms with Gasteiger partial charge in [0, 0.05) is 31.7 Å². The number of anilines is 1. The molecule has 6 heteroatoms. The number of rotatable bonds is 5. The summed E-state index contributed by atoms with van der Waals surface area (Å²) in [5, 5.41) is 3.46. The van der Waals surface area contributed by atoms with E-state index in [1.54, 1.807) is 14.2 Å². The van der Waals surface area contributed by atoms with Crippen molar-refractivity contribution in [2.45, 2.75) is 37.1 Å². The van der Waals surface area contributed by atoms with Gasteiger partial charge in [-0.05, 0) is 31.0 Å². The van der Waals surface area contributed by atoms with Gasteiger partial charge in [-0.2, -0.15) is 0 Å². The van der Waals surface area contributed by atoms with E-state index in [-0.39, 0.29) is 30.0 Å². The van der Waals surface area contributed by atoms with Gasteiger partial charge in [0.25, 0.3) is 5.91 Å². The highest BCUT2D eigenvalue weighted by Gasteiger charge is 2.57. The molecule has 140 valence electrons. The third kappa shape index (κ3) is 2.55. The van der Waals surface area contributed by atoms with E-state index in [1.807, 2.05) is 29.2 Å². The molecule has 2 saturated heterocycles. The maximum Gasteiger partial charge on any atom is 0.258 e. The van der Waals surface area contributed by atoms with Crippen molar-refractivity contribution in [3.8, 4) is 5.75 Å². The molecule has 26 heavy (non-hydrogen) atoms. The highest BCUT2D eigenvalue weighted by atomic mass is 16.5. The second-order valence-electron chi connectivity index (χ2n) is 7.10. The lowest BCUT2D eigenvalue weighted by atomic mass is 9.77. The van der Waals surface area contributed by atoms with Crippen LogP contribution in [0.4, 0.5) is 5.69 Å². The molecule has 0 aliphatic carbocycles. The van der Waals surface area contributed by atoms with Crippen molar-refractivity contribution in [1.29, 1.82) is 0 Å². The van der Waals surface area contributed by atoms with E-state index in [1.165, 1.54) is 0 Å². The third-order valence-corrected chi connectivity index (χ3v) is 5.83. The molecule has 0 saturated carbocycles. The highest BCUT2D eigenvalue weighted by molar-refractivity contribution is 6.02. The van der Waals surface area contributed by atoms with Crippen LogP contribution in [0.3, 0.4) is 0 Å². The van der Waals surface area contributed by atoms with Crippen molar-refractivity contribution in [3.05, 3.63) is 36.4 Å². The summed E-state index contributed by atoms with van der Waals surface area (Å²) in [6.45, 7) is 5.17. The van der Waals surface area contributed by atoms with Crippen molar-refractivity contribution in [3.63, 3.8) is 0 Å². The van der Waals surface area contributed by atoms with E-state index in [0.29, 0.717) is 6.54 Å². The molecule has 6 nitrogen and oxygen atoms in total. The Hall–Kier alpha value is -1.89. The number of benzene rings is 1. The van der Waals surface area contributed by atoms with Gasteiger partial charge in [0.05, 0.1) is 31.0 Å². The van der Waals surface area contributed by atoms with Gasteiger partial charge < -0.3 is 24.4 Å². The van der Waals surface area contributed by atoms with Gasteiger partial charge in [-0.3, -0.25) is 4.79 Å².